The van der Waals surface area contributed by atoms with Crippen molar-refractivity contribution >= 4 is 54.9 Å². The molecule has 1 unspecified atom stereocenters. The second-order valence-electron chi connectivity index (χ2n) is 6.20. The molecule has 0 aromatic heterocycles. The van der Waals surface area contributed by atoms with Crippen molar-refractivity contribution in [3.63, 3.8) is 0 Å². The van der Waals surface area contributed by atoms with Gasteiger partial charge >= 0.3 is 5.97 Å². The van der Waals surface area contributed by atoms with Crippen LogP contribution in [-0.2, 0) is 29.8 Å². The number of carboxylic acids is 1. The third-order valence-corrected chi connectivity index (χ3v) is 5.83. The number of hydrogen-bond acceptors (Lipinski definition) is 10. The summed E-state index contributed by atoms with van der Waals surface area (Å²) in [4.78, 5) is 22.9. The second-order valence-corrected chi connectivity index (χ2v) is 8.98. The minimum Gasteiger partial charge on any atom is -0.477 e. The third-order valence-electron chi connectivity index (χ3n) is 4.04. The van der Waals surface area contributed by atoms with Crippen molar-refractivity contribution in [3.8, 4) is 0 Å². The number of carbonyl (C=O) groups excluding carboxylic acids is 1. The summed E-state index contributed by atoms with van der Waals surface area (Å²) in [6, 6.07) is 5.93. The topological polar surface area (TPSA) is 229 Å². The lowest BCUT2D eigenvalue weighted by molar-refractivity contribution is -0.130. The van der Waals surface area contributed by atoms with Crippen molar-refractivity contribution < 1.29 is 40.6 Å². The first-order chi connectivity index (χ1) is 14.8. The van der Waals surface area contributed by atoms with Crippen LogP contribution in [0.2, 0.25) is 0 Å². The van der Waals surface area contributed by atoms with Gasteiger partial charge in [0.05, 0.1) is 5.69 Å². The van der Waals surface area contributed by atoms with E-state index in [1.165, 1.54) is 18.2 Å². The van der Waals surface area contributed by atoms with Crippen LogP contribution in [0, 0.1) is 0 Å². The molecule has 0 aliphatic carbocycles. The predicted molar refractivity (Wildman–Crippen MR) is 108 cm³/mol. The van der Waals surface area contributed by atoms with Crippen LogP contribution in [0.15, 0.2) is 67.6 Å². The van der Waals surface area contributed by atoms with E-state index in [9.17, 15) is 40.6 Å². The van der Waals surface area contributed by atoms with Gasteiger partial charge in [-0.05, 0) is 30.3 Å². The fraction of sp³-hybridized carbons (Fsp3) is 0.0625. The zero-order valence-electron chi connectivity index (χ0n) is 15.6. The molecule has 0 saturated heterocycles. The number of hydrogen-bond donors (Lipinski definition) is 4. The van der Waals surface area contributed by atoms with Gasteiger partial charge in [-0.3, -0.25) is 13.9 Å². The summed E-state index contributed by atoms with van der Waals surface area (Å²) in [7, 11) is -9.59. The van der Waals surface area contributed by atoms with Crippen molar-refractivity contribution in [1.82, 2.24) is 0 Å². The number of azo groups is 1. The molecule has 1 aliphatic heterocycles. The summed E-state index contributed by atoms with van der Waals surface area (Å²) in [5.41, 5.74) is 3.68. The number of carbonyl (C=O) groups is 2. The van der Waals surface area contributed by atoms with Crippen LogP contribution in [0.5, 0.6) is 0 Å². The molecule has 2 aromatic rings. The summed E-state index contributed by atoms with van der Waals surface area (Å²) in [5.74, 6) is -2.86. The summed E-state index contributed by atoms with van der Waals surface area (Å²) in [6.45, 7) is 0. The van der Waals surface area contributed by atoms with Crippen LogP contribution in [0.1, 0.15) is 0 Å². The van der Waals surface area contributed by atoms with Crippen molar-refractivity contribution in [1.29, 1.82) is 0 Å². The molecule has 168 valence electrons. The van der Waals surface area contributed by atoms with Gasteiger partial charge in [-0.15, -0.1) is 0 Å². The van der Waals surface area contributed by atoms with Gasteiger partial charge in [0.25, 0.3) is 26.1 Å². The van der Waals surface area contributed by atoms with Crippen LogP contribution in [-0.4, -0.2) is 54.7 Å². The lowest BCUT2D eigenvalue weighted by Crippen LogP contribution is -2.33. The summed E-state index contributed by atoms with van der Waals surface area (Å²) < 4.78 is 65.0. The standard InChI is InChI=1S/C16H13N5O9S2/c17-8-5-6-10(12(7-8)32(28,29)30)21-15(22)13(14(20-21)16(23)24)19-18-9-3-1-2-4-11(9)31(25,26)27/h1-7,13H,17H2,(H,23,24)(H,25,26,27)(H,28,29,30). The molecule has 0 saturated carbocycles. The first-order valence-corrected chi connectivity index (χ1v) is 11.2. The Balaban J connectivity index is 2.08. The van der Waals surface area contributed by atoms with Gasteiger partial charge in [-0.2, -0.15) is 37.2 Å². The molecule has 1 heterocycles. The Morgan fingerprint density at radius 3 is 2.25 bits per heavy atom. The van der Waals surface area contributed by atoms with E-state index in [1.54, 1.807) is 0 Å². The number of aliphatic carboxylic acids is 1. The molecule has 3 rings (SSSR count). The number of amides is 1. The molecule has 0 bridgehead atoms. The average Bonchev–Trinajstić information content (AvgIpc) is 3.02. The van der Waals surface area contributed by atoms with Crippen molar-refractivity contribution in [2.45, 2.75) is 15.8 Å². The molecule has 2 aromatic carbocycles. The Kier molecular flexibility index (Phi) is 5.79. The van der Waals surface area contributed by atoms with E-state index in [4.69, 9.17) is 5.73 Å². The van der Waals surface area contributed by atoms with Crippen LogP contribution in [0.25, 0.3) is 0 Å². The number of carboxylic acid groups (broad SMARTS) is 1. The van der Waals surface area contributed by atoms with E-state index in [0.717, 1.165) is 24.3 Å². The Morgan fingerprint density at radius 2 is 1.66 bits per heavy atom. The van der Waals surface area contributed by atoms with Gasteiger partial charge in [0.2, 0.25) is 6.04 Å². The Labute approximate surface area is 180 Å². The predicted octanol–water partition coefficient (Wildman–Crippen LogP) is 0.702. The number of nitrogens with two attached hydrogens (primary N) is 1. The van der Waals surface area contributed by atoms with Crippen molar-refractivity contribution in [2.24, 2.45) is 15.3 Å². The minimum atomic E-state index is -4.89. The maximum Gasteiger partial charge on any atom is 0.355 e. The highest BCUT2D eigenvalue weighted by Gasteiger charge is 2.42. The van der Waals surface area contributed by atoms with E-state index in [1.807, 2.05) is 0 Å². The van der Waals surface area contributed by atoms with Gasteiger partial charge < -0.3 is 10.8 Å². The Bertz CT molecular complexity index is 1400. The van der Waals surface area contributed by atoms with E-state index in [2.05, 4.69) is 15.3 Å². The van der Waals surface area contributed by atoms with Gasteiger partial charge in [0.15, 0.2) is 5.71 Å². The Hall–Kier alpha value is -3.73. The lowest BCUT2D eigenvalue weighted by atomic mass is 10.2. The SMILES string of the molecule is Nc1ccc(N2N=C(C(=O)O)C(N=Nc3ccccc3S(=O)(=O)O)C2=O)c(S(=O)(=O)O)c1. The van der Waals surface area contributed by atoms with E-state index in [-0.39, 0.29) is 5.69 Å². The highest BCUT2D eigenvalue weighted by Crippen LogP contribution is 2.32. The minimum absolute atomic E-state index is 0.0754. The average molecular weight is 483 g/mol. The molecule has 1 atom stereocenters. The third kappa shape index (κ3) is 4.47. The molecule has 5 N–H and O–H groups in total. The lowest BCUT2D eigenvalue weighted by Gasteiger charge is -2.15. The summed E-state index contributed by atoms with van der Waals surface area (Å²) >= 11 is 0. The zero-order chi connectivity index (χ0) is 23.8. The number of anilines is 2. The molecule has 0 spiro atoms. The molecule has 1 aliphatic rings. The highest BCUT2D eigenvalue weighted by atomic mass is 32.2. The normalized spacial score (nSPS) is 17.1. The molecule has 0 radical (unpaired) electrons. The van der Waals surface area contributed by atoms with Gasteiger partial charge in [-0.1, -0.05) is 12.1 Å². The quantitative estimate of drug-likeness (QED) is 0.255. The number of benzene rings is 2. The second kappa shape index (κ2) is 8.08. The Morgan fingerprint density at radius 1 is 1.03 bits per heavy atom. The maximum absolute atomic E-state index is 12.8. The number of nitrogens with zero attached hydrogens (tertiary/aromatic N) is 4. The molecule has 0 fully saturated rings. The van der Waals surface area contributed by atoms with Gasteiger partial charge in [0, 0.05) is 5.69 Å². The van der Waals surface area contributed by atoms with Gasteiger partial charge in [-0.25, -0.2) is 4.79 Å². The molecule has 32 heavy (non-hydrogen) atoms. The number of nitrogen functional groups attached to an aromatic ring is 1. The first-order valence-electron chi connectivity index (χ1n) is 8.31. The summed E-state index contributed by atoms with van der Waals surface area (Å²) in [6.07, 6.45) is 0. The maximum atomic E-state index is 12.8. The van der Waals surface area contributed by atoms with Crippen LogP contribution in [0.4, 0.5) is 17.1 Å². The van der Waals surface area contributed by atoms with Crippen LogP contribution >= 0.6 is 0 Å². The van der Waals surface area contributed by atoms with Crippen molar-refractivity contribution in [2.75, 3.05) is 10.7 Å². The van der Waals surface area contributed by atoms with Crippen LogP contribution < -0.4 is 10.7 Å². The van der Waals surface area contributed by atoms with E-state index in [0.29, 0.717) is 5.01 Å². The zero-order valence-corrected chi connectivity index (χ0v) is 17.2. The smallest absolute Gasteiger partial charge is 0.355 e. The van der Waals surface area contributed by atoms with Crippen molar-refractivity contribution in [3.05, 3.63) is 42.5 Å². The van der Waals surface area contributed by atoms with Gasteiger partial charge in [0.1, 0.15) is 15.5 Å². The largest absolute Gasteiger partial charge is 0.477 e. The first kappa shape index (κ1) is 22.9. The fourth-order valence-corrected chi connectivity index (χ4v) is 4.00. The molecule has 16 heteroatoms. The summed E-state index contributed by atoms with van der Waals surface area (Å²) in [5, 5.41) is 20.5. The highest BCUT2D eigenvalue weighted by molar-refractivity contribution is 7.86. The van der Waals surface area contributed by atoms with E-state index < -0.39 is 65.0 Å². The molecular formula is C16H13N5O9S2. The molecule has 1 amide bonds. The fourth-order valence-electron chi connectivity index (χ4n) is 2.67. The van der Waals surface area contributed by atoms with E-state index >= 15 is 0 Å². The molecular weight excluding hydrogens is 470 g/mol. The monoisotopic (exact) mass is 483 g/mol. The molecule has 14 nitrogen and oxygen atoms in total. The number of rotatable bonds is 6. The van der Waals surface area contributed by atoms with Crippen LogP contribution in [0.3, 0.4) is 0 Å². The number of hydrazone groups is 1.